The van der Waals surface area contributed by atoms with Crippen molar-refractivity contribution in [2.45, 2.75) is 19.1 Å². The topological polar surface area (TPSA) is 85.6 Å². The molecule has 0 aliphatic carbocycles. The highest BCUT2D eigenvalue weighted by molar-refractivity contribution is 5.73. The number of rotatable bonds is 6. The van der Waals surface area contributed by atoms with Crippen LogP contribution in [0.2, 0.25) is 0 Å². The van der Waals surface area contributed by atoms with Crippen molar-refractivity contribution in [3.8, 4) is 11.8 Å². The Kier molecular flexibility index (Phi) is 9.31. The molecule has 1 heterocycles. The first-order valence-electron chi connectivity index (χ1n) is 9.72. The molecule has 1 aliphatic rings. The number of carboxylic acid groups (broad SMARTS) is 1. The number of ether oxygens (including phenoxy) is 1. The van der Waals surface area contributed by atoms with Gasteiger partial charge in [0.15, 0.2) is 0 Å². The number of benzene rings is 2. The van der Waals surface area contributed by atoms with Crippen LogP contribution in [0.5, 0.6) is 5.75 Å². The summed E-state index contributed by atoms with van der Waals surface area (Å²) in [6.45, 7) is 6.10. The van der Waals surface area contributed by atoms with Crippen molar-refractivity contribution in [3.63, 3.8) is 0 Å². The van der Waals surface area contributed by atoms with Crippen molar-refractivity contribution in [1.29, 1.82) is 5.26 Å². The minimum Gasteiger partial charge on any atom is -0.493 e. The number of hydrogen-bond acceptors (Lipinski definition) is 5. The van der Waals surface area contributed by atoms with Gasteiger partial charge in [0.2, 0.25) is 0 Å². The van der Waals surface area contributed by atoms with Gasteiger partial charge in [-0.05, 0) is 35.4 Å². The van der Waals surface area contributed by atoms with E-state index in [1.54, 1.807) is 12.1 Å². The molecule has 0 spiro atoms. The quantitative estimate of drug-likeness (QED) is 0.725. The van der Waals surface area contributed by atoms with Crippen LogP contribution in [0, 0.1) is 11.3 Å². The monoisotopic (exact) mass is 435 g/mol. The molecule has 0 unspecified atom stereocenters. The van der Waals surface area contributed by atoms with E-state index in [0.29, 0.717) is 12.2 Å². The third-order valence-corrected chi connectivity index (χ3v) is 4.52. The molecule has 1 aliphatic heterocycles. The van der Waals surface area contributed by atoms with E-state index in [-0.39, 0.29) is 0 Å². The lowest BCUT2D eigenvalue weighted by molar-refractivity contribution is -0.192. The fourth-order valence-electron chi connectivity index (χ4n) is 2.85. The fourth-order valence-corrected chi connectivity index (χ4v) is 2.85. The van der Waals surface area contributed by atoms with Gasteiger partial charge in [0, 0.05) is 39.1 Å². The summed E-state index contributed by atoms with van der Waals surface area (Å²) in [5.74, 6) is -1.95. The van der Waals surface area contributed by atoms with Gasteiger partial charge in [0.25, 0.3) is 0 Å². The Morgan fingerprint density at radius 1 is 1.06 bits per heavy atom. The lowest BCUT2D eigenvalue weighted by atomic mass is 10.1. The van der Waals surface area contributed by atoms with Crippen molar-refractivity contribution in [2.24, 2.45) is 0 Å². The molecule has 0 amide bonds. The van der Waals surface area contributed by atoms with Crippen molar-refractivity contribution in [1.82, 2.24) is 10.2 Å². The molecule has 0 saturated carbocycles. The number of nitriles is 1. The number of carbonyl (C=O) groups is 1. The van der Waals surface area contributed by atoms with Crippen LogP contribution >= 0.6 is 0 Å². The average molecular weight is 435 g/mol. The molecule has 0 radical (unpaired) electrons. The average Bonchev–Trinajstić information content (AvgIpc) is 2.76. The molecule has 166 valence electrons. The standard InChI is InChI=1S/C20H23N3O.C2HF3O2/c21-15-18-5-7-20(8-6-18)24-14-9-17-1-3-19(4-2-17)16-23-12-10-22-11-13-23;3-2(4,5)1(6)7/h1-8,22H,9-14,16H2;(H,6,7). The zero-order chi connectivity index (χ0) is 22.7. The van der Waals surface area contributed by atoms with E-state index in [2.05, 4.69) is 40.6 Å². The van der Waals surface area contributed by atoms with Crippen LogP contribution in [0.25, 0.3) is 0 Å². The number of halogens is 3. The second kappa shape index (κ2) is 11.9. The molecule has 1 saturated heterocycles. The zero-order valence-electron chi connectivity index (χ0n) is 16.9. The van der Waals surface area contributed by atoms with Gasteiger partial charge in [0.1, 0.15) is 5.75 Å². The van der Waals surface area contributed by atoms with Crippen molar-refractivity contribution >= 4 is 5.97 Å². The van der Waals surface area contributed by atoms with Crippen molar-refractivity contribution in [3.05, 3.63) is 65.2 Å². The van der Waals surface area contributed by atoms with Crippen molar-refractivity contribution < 1.29 is 27.8 Å². The molecule has 3 rings (SSSR count). The minimum absolute atomic E-state index is 0.642. The number of hydrogen-bond donors (Lipinski definition) is 2. The highest BCUT2D eigenvalue weighted by Gasteiger charge is 2.38. The van der Waals surface area contributed by atoms with E-state index in [1.165, 1.54) is 11.1 Å². The Hall–Kier alpha value is -3.09. The molecule has 2 aromatic rings. The molecular weight excluding hydrogens is 411 g/mol. The predicted octanol–water partition coefficient (Wildman–Crippen LogP) is 3.22. The van der Waals surface area contributed by atoms with E-state index in [4.69, 9.17) is 19.9 Å². The smallest absolute Gasteiger partial charge is 0.490 e. The summed E-state index contributed by atoms with van der Waals surface area (Å²) in [4.78, 5) is 11.4. The van der Waals surface area contributed by atoms with Gasteiger partial charge in [-0.3, -0.25) is 4.90 Å². The molecule has 2 N–H and O–H groups in total. The second-order valence-electron chi connectivity index (χ2n) is 6.88. The maximum atomic E-state index is 10.6. The lowest BCUT2D eigenvalue weighted by Gasteiger charge is -2.27. The van der Waals surface area contributed by atoms with Crippen LogP contribution in [0.1, 0.15) is 16.7 Å². The Balaban J connectivity index is 0.000000423. The summed E-state index contributed by atoms with van der Waals surface area (Å²) in [5.41, 5.74) is 3.31. The van der Waals surface area contributed by atoms with E-state index in [9.17, 15) is 13.2 Å². The van der Waals surface area contributed by atoms with Crippen molar-refractivity contribution in [2.75, 3.05) is 32.8 Å². The Morgan fingerprint density at radius 3 is 2.13 bits per heavy atom. The maximum Gasteiger partial charge on any atom is 0.490 e. The van der Waals surface area contributed by atoms with Gasteiger partial charge in [-0.25, -0.2) is 4.79 Å². The molecule has 0 bridgehead atoms. The number of piperazine rings is 1. The molecule has 0 aromatic heterocycles. The van der Waals surface area contributed by atoms with E-state index in [1.807, 2.05) is 12.1 Å². The maximum absolute atomic E-state index is 10.6. The highest BCUT2D eigenvalue weighted by atomic mass is 19.4. The number of nitrogens with zero attached hydrogens (tertiary/aromatic N) is 2. The number of carboxylic acids is 1. The van der Waals surface area contributed by atoms with Crippen LogP contribution in [-0.4, -0.2) is 54.9 Å². The van der Waals surface area contributed by atoms with Crippen LogP contribution in [0.3, 0.4) is 0 Å². The largest absolute Gasteiger partial charge is 0.493 e. The summed E-state index contributed by atoms with van der Waals surface area (Å²) in [5, 5.41) is 19.3. The molecule has 6 nitrogen and oxygen atoms in total. The Morgan fingerprint density at radius 2 is 1.61 bits per heavy atom. The molecule has 9 heteroatoms. The van der Waals surface area contributed by atoms with Crippen LogP contribution in [-0.2, 0) is 17.8 Å². The summed E-state index contributed by atoms with van der Waals surface area (Å²) in [6, 6.07) is 18.2. The summed E-state index contributed by atoms with van der Waals surface area (Å²) in [6.07, 6.45) is -4.20. The van der Waals surface area contributed by atoms with E-state index >= 15 is 0 Å². The van der Waals surface area contributed by atoms with Gasteiger partial charge in [-0.15, -0.1) is 0 Å². The molecule has 1 fully saturated rings. The zero-order valence-corrected chi connectivity index (χ0v) is 16.9. The predicted molar refractivity (Wildman–Crippen MR) is 109 cm³/mol. The van der Waals surface area contributed by atoms with Gasteiger partial charge in [-0.2, -0.15) is 18.4 Å². The summed E-state index contributed by atoms with van der Waals surface area (Å²) in [7, 11) is 0. The molecule has 31 heavy (non-hydrogen) atoms. The third-order valence-electron chi connectivity index (χ3n) is 4.52. The molecule has 0 atom stereocenters. The third kappa shape index (κ3) is 9.07. The van der Waals surface area contributed by atoms with E-state index < -0.39 is 12.1 Å². The van der Waals surface area contributed by atoms with Gasteiger partial charge in [-0.1, -0.05) is 24.3 Å². The minimum atomic E-state index is -5.08. The first-order valence-corrected chi connectivity index (χ1v) is 9.72. The van der Waals surface area contributed by atoms with Gasteiger partial charge >= 0.3 is 12.1 Å². The first kappa shape index (κ1) is 24.2. The number of alkyl halides is 3. The first-order chi connectivity index (χ1) is 14.8. The normalized spacial score (nSPS) is 14.1. The summed E-state index contributed by atoms with van der Waals surface area (Å²) < 4.78 is 37.5. The Bertz CT molecular complexity index is 857. The van der Waals surface area contributed by atoms with Crippen LogP contribution in [0.4, 0.5) is 13.2 Å². The fraction of sp³-hybridized carbons (Fsp3) is 0.364. The Labute approximate surface area is 178 Å². The van der Waals surface area contributed by atoms with Crippen LogP contribution < -0.4 is 10.1 Å². The second-order valence-corrected chi connectivity index (χ2v) is 6.88. The van der Waals surface area contributed by atoms with Gasteiger partial charge in [0.05, 0.1) is 18.2 Å². The lowest BCUT2D eigenvalue weighted by Crippen LogP contribution is -2.42. The number of aliphatic carboxylic acids is 1. The van der Waals surface area contributed by atoms with Crippen LogP contribution in [0.15, 0.2) is 48.5 Å². The molecular formula is C22H24F3N3O3. The molecule has 2 aromatic carbocycles. The van der Waals surface area contributed by atoms with E-state index in [0.717, 1.165) is 44.9 Å². The van der Waals surface area contributed by atoms with Gasteiger partial charge < -0.3 is 15.2 Å². The summed E-state index contributed by atoms with van der Waals surface area (Å²) >= 11 is 0. The SMILES string of the molecule is N#Cc1ccc(OCCc2ccc(CN3CCNCC3)cc2)cc1.O=C(O)C(F)(F)F. The highest BCUT2D eigenvalue weighted by Crippen LogP contribution is 2.14. The number of nitrogens with one attached hydrogen (secondary N) is 1.